The molecule has 3 aliphatic rings. The van der Waals surface area contributed by atoms with Crippen LogP contribution in [0.2, 0.25) is 0 Å². The van der Waals surface area contributed by atoms with E-state index in [9.17, 15) is 9.59 Å². The third-order valence-electron chi connectivity index (χ3n) is 6.47. The molecule has 2 aromatic rings. The Morgan fingerprint density at radius 2 is 1.80 bits per heavy atom. The zero-order chi connectivity index (χ0) is 20.5. The Morgan fingerprint density at radius 1 is 0.967 bits per heavy atom. The normalized spacial score (nSPS) is 18.9. The van der Waals surface area contributed by atoms with Gasteiger partial charge in [0.2, 0.25) is 0 Å². The fourth-order valence-corrected chi connectivity index (χ4v) is 4.48. The molecule has 1 saturated carbocycles. The number of benzene rings is 1. The molecule has 5 rings (SSSR count). The summed E-state index contributed by atoms with van der Waals surface area (Å²) in [6.45, 7) is 2.78. The first-order valence-electron chi connectivity index (χ1n) is 11.0. The van der Waals surface area contributed by atoms with Crippen molar-refractivity contribution in [3.05, 3.63) is 47.7 Å². The van der Waals surface area contributed by atoms with Crippen LogP contribution in [0.3, 0.4) is 0 Å². The summed E-state index contributed by atoms with van der Waals surface area (Å²) in [7, 11) is 0. The Kier molecular flexibility index (Phi) is 5.15. The van der Waals surface area contributed by atoms with Gasteiger partial charge in [-0.2, -0.15) is 0 Å². The Bertz CT molecular complexity index is 964. The Hall–Kier alpha value is -2.89. The number of nitrogens with zero attached hydrogens (tertiary/aromatic N) is 3. The second kappa shape index (κ2) is 8.09. The van der Waals surface area contributed by atoms with Crippen LogP contribution in [0.4, 0.5) is 11.5 Å². The molecule has 0 spiro atoms. The van der Waals surface area contributed by atoms with Crippen LogP contribution in [-0.2, 0) is 0 Å². The van der Waals surface area contributed by atoms with Gasteiger partial charge in [-0.3, -0.25) is 9.59 Å². The lowest BCUT2D eigenvalue weighted by atomic mass is 9.80. The van der Waals surface area contributed by atoms with Gasteiger partial charge < -0.3 is 14.5 Å². The second-order valence-electron chi connectivity index (χ2n) is 8.44. The largest absolute Gasteiger partial charge is 0.488 e. The number of hydrogen-bond donors (Lipinski definition) is 0. The molecule has 1 aromatic carbocycles. The van der Waals surface area contributed by atoms with E-state index in [-0.39, 0.29) is 17.6 Å². The van der Waals surface area contributed by atoms with E-state index in [4.69, 9.17) is 4.74 Å². The smallest absolute Gasteiger partial charge is 0.255 e. The van der Waals surface area contributed by atoms with Crippen molar-refractivity contribution in [2.75, 3.05) is 31.1 Å². The Labute approximate surface area is 176 Å². The fraction of sp³-hybridized carbons (Fsp3) is 0.458. The highest BCUT2D eigenvalue weighted by Gasteiger charge is 2.28. The number of hydrogen-bond acceptors (Lipinski definition) is 5. The van der Waals surface area contributed by atoms with Crippen molar-refractivity contribution in [1.82, 2.24) is 9.88 Å². The maximum atomic E-state index is 12.8. The number of carbonyl (C=O) groups excluding carboxylic acids is 2. The van der Waals surface area contributed by atoms with Crippen molar-refractivity contribution in [3.63, 3.8) is 0 Å². The molecule has 6 heteroatoms. The molecule has 1 saturated heterocycles. The highest BCUT2D eigenvalue weighted by Crippen LogP contribution is 2.37. The van der Waals surface area contributed by atoms with E-state index in [1.807, 2.05) is 35.2 Å². The van der Waals surface area contributed by atoms with Crippen LogP contribution in [0.5, 0.6) is 5.75 Å². The molecule has 0 bridgehead atoms. The summed E-state index contributed by atoms with van der Waals surface area (Å²) in [6, 6.07) is 9.62. The summed E-state index contributed by atoms with van der Waals surface area (Å²) in [5.41, 5.74) is 2.28. The molecule has 0 radical (unpaired) electrons. The van der Waals surface area contributed by atoms with Crippen LogP contribution < -0.4 is 9.64 Å². The van der Waals surface area contributed by atoms with E-state index in [2.05, 4.69) is 9.88 Å². The van der Waals surface area contributed by atoms with Gasteiger partial charge >= 0.3 is 0 Å². The van der Waals surface area contributed by atoms with Gasteiger partial charge in [0.25, 0.3) is 5.91 Å². The number of aromatic nitrogens is 1. The van der Waals surface area contributed by atoms with Crippen LogP contribution in [-0.4, -0.2) is 47.8 Å². The van der Waals surface area contributed by atoms with Crippen molar-refractivity contribution < 1.29 is 14.3 Å². The molecule has 156 valence electrons. The fourth-order valence-electron chi connectivity index (χ4n) is 4.48. The Balaban J connectivity index is 1.40. The predicted molar refractivity (Wildman–Crippen MR) is 115 cm³/mol. The monoisotopic (exact) mass is 405 g/mol. The molecule has 0 N–H and O–H groups in total. The first-order valence-corrected chi connectivity index (χ1v) is 11.0. The average Bonchev–Trinajstić information content (AvgIpc) is 2.77. The number of fused-ring (bicyclic) bond motifs is 1. The number of Topliss-reactive ketones (excluding diaryl/α,β-unsaturated/α-hetero) is 1. The third kappa shape index (κ3) is 3.55. The van der Waals surface area contributed by atoms with Crippen molar-refractivity contribution >= 4 is 23.2 Å². The molecule has 6 nitrogen and oxygen atoms in total. The summed E-state index contributed by atoms with van der Waals surface area (Å²) < 4.78 is 5.85. The molecule has 2 aliphatic heterocycles. The van der Waals surface area contributed by atoms with Crippen LogP contribution in [0.25, 0.3) is 0 Å². The molecule has 0 atom stereocenters. The first-order chi connectivity index (χ1) is 14.7. The number of carbonyl (C=O) groups is 2. The summed E-state index contributed by atoms with van der Waals surface area (Å²) >= 11 is 0. The lowest BCUT2D eigenvalue weighted by molar-refractivity contribution is 0.0723. The lowest BCUT2D eigenvalue weighted by Gasteiger charge is -2.31. The van der Waals surface area contributed by atoms with E-state index in [0.29, 0.717) is 30.3 Å². The van der Waals surface area contributed by atoms with Crippen LogP contribution in [0, 0.1) is 5.92 Å². The van der Waals surface area contributed by atoms with E-state index < -0.39 is 0 Å². The molecule has 3 heterocycles. The van der Waals surface area contributed by atoms with Crippen LogP contribution in [0.15, 0.2) is 36.5 Å². The number of amides is 1. The molecule has 1 amide bonds. The van der Waals surface area contributed by atoms with Gasteiger partial charge in [0.05, 0.1) is 12.1 Å². The van der Waals surface area contributed by atoms with Gasteiger partial charge in [0, 0.05) is 36.5 Å². The van der Waals surface area contributed by atoms with E-state index >= 15 is 0 Å². The van der Waals surface area contributed by atoms with Crippen LogP contribution >= 0.6 is 0 Å². The molecule has 1 aromatic heterocycles. The predicted octanol–water partition coefficient (Wildman–Crippen LogP) is 4.22. The van der Waals surface area contributed by atoms with Gasteiger partial charge in [0.1, 0.15) is 6.61 Å². The minimum absolute atomic E-state index is 0.0267. The number of piperidine rings is 1. The zero-order valence-electron chi connectivity index (χ0n) is 17.2. The first kappa shape index (κ1) is 19.1. The number of pyridine rings is 1. The van der Waals surface area contributed by atoms with Crippen molar-refractivity contribution in [1.29, 1.82) is 0 Å². The number of ketones is 1. The highest BCUT2D eigenvalue weighted by molar-refractivity contribution is 5.99. The zero-order valence-corrected chi connectivity index (χ0v) is 17.2. The molecular formula is C24H27N3O3. The molecule has 30 heavy (non-hydrogen) atoms. The van der Waals surface area contributed by atoms with Crippen molar-refractivity contribution in [2.45, 2.75) is 38.5 Å². The lowest BCUT2D eigenvalue weighted by Crippen LogP contribution is -2.36. The van der Waals surface area contributed by atoms with Crippen molar-refractivity contribution in [3.8, 4) is 5.75 Å². The van der Waals surface area contributed by atoms with Gasteiger partial charge in [0.15, 0.2) is 17.4 Å². The minimum atomic E-state index is 0.0267. The van der Waals surface area contributed by atoms with Gasteiger partial charge in [-0.05, 0) is 50.3 Å². The average molecular weight is 405 g/mol. The quantitative estimate of drug-likeness (QED) is 0.713. The van der Waals surface area contributed by atoms with E-state index in [1.165, 1.54) is 6.42 Å². The highest BCUT2D eigenvalue weighted by atomic mass is 16.5. The van der Waals surface area contributed by atoms with Gasteiger partial charge in [-0.25, -0.2) is 4.98 Å². The molecular weight excluding hydrogens is 378 g/mol. The third-order valence-corrected chi connectivity index (χ3v) is 6.47. The van der Waals surface area contributed by atoms with E-state index in [1.54, 1.807) is 6.20 Å². The number of rotatable bonds is 4. The maximum Gasteiger partial charge on any atom is 0.255 e. The molecule has 0 unspecified atom stereocenters. The van der Waals surface area contributed by atoms with Crippen LogP contribution in [0.1, 0.15) is 59.2 Å². The van der Waals surface area contributed by atoms with Gasteiger partial charge in [-0.15, -0.1) is 0 Å². The van der Waals surface area contributed by atoms with Gasteiger partial charge in [-0.1, -0.05) is 18.6 Å². The second-order valence-corrected chi connectivity index (χ2v) is 8.44. The molecule has 2 fully saturated rings. The minimum Gasteiger partial charge on any atom is -0.488 e. The van der Waals surface area contributed by atoms with E-state index in [0.717, 1.165) is 56.4 Å². The van der Waals surface area contributed by atoms with Crippen molar-refractivity contribution in [2.24, 2.45) is 5.92 Å². The summed E-state index contributed by atoms with van der Waals surface area (Å²) in [5.74, 6) is 1.77. The topological polar surface area (TPSA) is 62.7 Å². The molecule has 1 aliphatic carbocycles. The standard InChI is InChI=1S/C24H27N3O3/c28-22(17-6-4-7-17)18-8-5-9-20(14-18)27-12-13-30-21-15-19(16-25-23(21)27)24(29)26-10-2-1-3-11-26/h5,8-9,14-17H,1-4,6-7,10-13H2. The summed E-state index contributed by atoms with van der Waals surface area (Å²) in [4.78, 5) is 34.1. The Morgan fingerprint density at radius 3 is 2.57 bits per heavy atom. The number of ether oxygens (including phenoxy) is 1. The SMILES string of the molecule is O=C(c1cccc(N2CCOc3cc(C(=O)N4CCCCC4)cnc32)c1)C1CCC1. The summed E-state index contributed by atoms with van der Waals surface area (Å²) in [6.07, 6.45) is 8.11. The summed E-state index contributed by atoms with van der Waals surface area (Å²) in [5, 5.41) is 0. The number of likely N-dealkylation sites (tertiary alicyclic amines) is 1. The number of anilines is 2. The maximum absolute atomic E-state index is 12.8.